The van der Waals surface area contributed by atoms with Gasteiger partial charge in [-0.3, -0.25) is 4.79 Å². The van der Waals surface area contributed by atoms with Crippen LogP contribution in [-0.4, -0.2) is 36.6 Å². The molecule has 0 aromatic heterocycles. The van der Waals surface area contributed by atoms with E-state index in [1.807, 2.05) is 86.6 Å². The third-order valence-electron chi connectivity index (χ3n) is 4.17. The molecule has 0 spiro atoms. The van der Waals surface area contributed by atoms with Crippen LogP contribution in [0.1, 0.15) is 18.1 Å². The molecule has 0 saturated carbocycles. The minimum Gasteiger partial charge on any atom is -0.480 e. The van der Waals surface area contributed by atoms with Crippen LogP contribution in [0, 0.1) is 5.92 Å². The van der Waals surface area contributed by atoms with Crippen LogP contribution in [-0.2, 0) is 10.2 Å². The summed E-state index contributed by atoms with van der Waals surface area (Å²) >= 11 is 0. The van der Waals surface area contributed by atoms with Gasteiger partial charge in [0.15, 0.2) is 0 Å². The summed E-state index contributed by atoms with van der Waals surface area (Å²) in [6.07, 6.45) is 0. The Morgan fingerprint density at radius 2 is 1.41 bits per heavy atom. The van der Waals surface area contributed by atoms with E-state index in [0.29, 0.717) is 6.54 Å². The lowest BCUT2D eigenvalue weighted by atomic mass is 9.66. The standard InChI is InChI=1S/C19H23NO2/c1-15(14-20(2)3)19(18(21)22,16-10-6-4-7-11-16)17-12-8-5-9-13-17/h4-13,15H,14H2,1-3H3,(H,21,22)/t15-/m1/s1. The predicted molar refractivity (Wildman–Crippen MR) is 89.0 cm³/mol. The first-order valence-electron chi connectivity index (χ1n) is 7.48. The number of hydrogen-bond acceptors (Lipinski definition) is 2. The van der Waals surface area contributed by atoms with Crippen molar-refractivity contribution < 1.29 is 9.90 Å². The maximum Gasteiger partial charge on any atom is 0.318 e. The zero-order chi connectivity index (χ0) is 16.2. The SMILES string of the molecule is C[C@H](CN(C)C)C(C(=O)O)(c1ccccc1)c1ccccc1. The third kappa shape index (κ3) is 2.90. The van der Waals surface area contributed by atoms with Crippen LogP contribution in [0.2, 0.25) is 0 Å². The van der Waals surface area contributed by atoms with E-state index in [0.717, 1.165) is 11.1 Å². The van der Waals surface area contributed by atoms with Crippen LogP contribution in [0.3, 0.4) is 0 Å². The first-order valence-corrected chi connectivity index (χ1v) is 7.48. The zero-order valence-electron chi connectivity index (χ0n) is 13.4. The quantitative estimate of drug-likeness (QED) is 0.889. The van der Waals surface area contributed by atoms with Gasteiger partial charge in [0.05, 0.1) is 0 Å². The normalized spacial score (nSPS) is 13.1. The number of carboxylic acid groups (broad SMARTS) is 1. The number of aliphatic carboxylic acids is 1. The fourth-order valence-corrected chi connectivity index (χ4v) is 3.28. The molecule has 0 aliphatic rings. The summed E-state index contributed by atoms with van der Waals surface area (Å²) in [4.78, 5) is 14.5. The van der Waals surface area contributed by atoms with Crippen molar-refractivity contribution in [2.75, 3.05) is 20.6 Å². The summed E-state index contributed by atoms with van der Waals surface area (Å²) in [7, 11) is 3.94. The summed E-state index contributed by atoms with van der Waals surface area (Å²) in [5.41, 5.74) is 0.596. The van der Waals surface area contributed by atoms with E-state index < -0.39 is 11.4 Å². The molecule has 2 rings (SSSR count). The van der Waals surface area contributed by atoms with Crippen molar-refractivity contribution in [1.82, 2.24) is 4.90 Å². The minimum absolute atomic E-state index is 0.0789. The van der Waals surface area contributed by atoms with Crippen molar-refractivity contribution in [3.63, 3.8) is 0 Å². The van der Waals surface area contributed by atoms with Gasteiger partial charge < -0.3 is 10.0 Å². The molecular formula is C19H23NO2. The molecule has 0 heterocycles. The topological polar surface area (TPSA) is 40.5 Å². The van der Waals surface area contributed by atoms with Crippen LogP contribution in [0.25, 0.3) is 0 Å². The van der Waals surface area contributed by atoms with E-state index in [4.69, 9.17) is 0 Å². The summed E-state index contributed by atoms with van der Waals surface area (Å²) < 4.78 is 0. The highest BCUT2D eigenvalue weighted by Crippen LogP contribution is 2.40. The lowest BCUT2D eigenvalue weighted by Crippen LogP contribution is -2.46. The number of nitrogens with zero attached hydrogens (tertiary/aromatic N) is 1. The van der Waals surface area contributed by atoms with Crippen molar-refractivity contribution >= 4 is 5.97 Å². The number of benzene rings is 2. The maximum absolute atomic E-state index is 12.4. The molecular weight excluding hydrogens is 274 g/mol. The molecule has 3 nitrogen and oxygen atoms in total. The lowest BCUT2D eigenvalue weighted by Gasteiger charge is -2.37. The molecule has 0 bridgehead atoms. The summed E-state index contributed by atoms with van der Waals surface area (Å²) in [6.45, 7) is 2.70. The highest BCUT2D eigenvalue weighted by Gasteiger charge is 2.46. The van der Waals surface area contributed by atoms with Gasteiger partial charge in [0, 0.05) is 6.54 Å². The van der Waals surface area contributed by atoms with Crippen molar-refractivity contribution in [2.45, 2.75) is 12.3 Å². The molecule has 2 aromatic carbocycles. The highest BCUT2D eigenvalue weighted by molar-refractivity contribution is 5.86. The average molecular weight is 297 g/mol. The van der Waals surface area contributed by atoms with E-state index in [1.165, 1.54) is 0 Å². The van der Waals surface area contributed by atoms with Crippen LogP contribution >= 0.6 is 0 Å². The zero-order valence-corrected chi connectivity index (χ0v) is 13.4. The molecule has 1 atom stereocenters. The van der Waals surface area contributed by atoms with Gasteiger partial charge in [-0.1, -0.05) is 67.6 Å². The van der Waals surface area contributed by atoms with E-state index in [-0.39, 0.29) is 5.92 Å². The van der Waals surface area contributed by atoms with Gasteiger partial charge in [-0.25, -0.2) is 0 Å². The molecule has 22 heavy (non-hydrogen) atoms. The Bertz CT molecular complexity index is 568. The van der Waals surface area contributed by atoms with Crippen molar-refractivity contribution in [3.05, 3.63) is 71.8 Å². The average Bonchev–Trinajstić information content (AvgIpc) is 2.49. The second kappa shape index (κ2) is 6.75. The van der Waals surface area contributed by atoms with Crippen molar-refractivity contribution in [2.24, 2.45) is 5.92 Å². The lowest BCUT2D eigenvalue weighted by molar-refractivity contribution is -0.144. The molecule has 0 saturated heterocycles. The van der Waals surface area contributed by atoms with E-state index in [9.17, 15) is 9.90 Å². The molecule has 0 aliphatic heterocycles. The molecule has 3 heteroatoms. The Morgan fingerprint density at radius 1 is 1.00 bits per heavy atom. The molecule has 0 amide bonds. The molecule has 0 fully saturated rings. The van der Waals surface area contributed by atoms with Gasteiger partial charge in [-0.15, -0.1) is 0 Å². The van der Waals surface area contributed by atoms with Crippen LogP contribution in [0.15, 0.2) is 60.7 Å². The molecule has 0 unspecified atom stereocenters. The molecule has 0 aliphatic carbocycles. The van der Waals surface area contributed by atoms with E-state index >= 15 is 0 Å². The molecule has 1 N–H and O–H groups in total. The third-order valence-corrected chi connectivity index (χ3v) is 4.17. The highest BCUT2D eigenvalue weighted by atomic mass is 16.4. The molecule has 0 radical (unpaired) electrons. The number of carbonyl (C=O) groups is 1. The molecule has 116 valence electrons. The van der Waals surface area contributed by atoms with Gasteiger partial charge in [0.1, 0.15) is 5.41 Å². The Balaban J connectivity index is 2.68. The fraction of sp³-hybridized carbons (Fsp3) is 0.316. The van der Waals surface area contributed by atoms with E-state index in [1.54, 1.807) is 0 Å². The molecule has 2 aromatic rings. The van der Waals surface area contributed by atoms with Crippen LogP contribution in [0.5, 0.6) is 0 Å². The largest absolute Gasteiger partial charge is 0.480 e. The minimum atomic E-state index is -1.05. The van der Waals surface area contributed by atoms with Gasteiger partial charge in [0.2, 0.25) is 0 Å². The van der Waals surface area contributed by atoms with Gasteiger partial charge in [-0.2, -0.15) is 0 Å². The van der Waals surface area contributed by atoms with E-state index in [2.05, 4.69) is 0 Å². The number of rotatable bonds is 6. The second-order valence-corrected chi connectivity index (χ2v) is 6.01. The maximum atomic E-state index is 12.4. The van der Waals surface area contributed by atoms with Crippen LogP contribution < -0.4 is 0 Å². The smallest absolute Gasteiger partial charge is 0.318 e. The Labute approximate surface area is 132 Å². The Hall–Kier alpha value is -2.13. The van der Waals surface area contributed by atoms with Crippen LogP contribution in [0.4, 0.5) is 0 Å². The Morgan fingerprint density at radius 3 is 1.73 bits per heavy atom. The summed E-state index contributed by atoms with van der Waals surface area (Å²) in [5, 5.41) is 10.2. The van der Waals surface area contributed by atoms with Crippen molar-refractivity contribution in [3.8, 4) is 0 Å². The monoisotopic (exact) mass is 297 g/mol. The summed E-state index contributed by atoms with van der Waals surface area (Å²) in [6, 6.07) is 19.1. The fourth-order valence-electron chi connectivity index (χ4n) is 3.28. The first-order chi connectivity index (χ1) is 10.5. The predicted octanol–water partition coefficient (Wildman–Crippen LogP) is 3.26. The summed E-state index contributed by atoms with van der Waals surface area (Å²) in [5.74, 6) is -0.885. The van der Waals surface area contributed by atoms with Gasteiger partial charge in [-0.05, 0) is 31.1 Å². The number of carboxylic acids is 1. The van der Waals surface area contributed by atoms with Gasteiger partial charge in [0.25, 0.3) is 0 Å². The Kier molecular flexibility index (Phi) is 4.99. The van der Waals surface area contributed by atoms with Crippen molar-refractivity contribution in [1.29, 1.82) is 0 Å². The van der Waals surface area contributed by atoms with Gasteiger partial charge >= 0.3 is 5.97 Å². The second-order valence-electron chi connectivity index (χ2n) is 6.01. The first kappa shape index (κ1) is 16.2. The number of hydrogen-bond donors (Lipinski definition) is 1.